The van der Waals surface area contributed by atoms with Crippen LogP contribution in [0.2, 0.25) is 0 Å². The molecule has 23 heavy (non-hydrogen) atoms. The Morgan fingerprint density at radius 1 is 0.913 bits per heavy atom. The van der Waals surface area contributed by atoms with Crippen LogP contribution < -0.4 is 15.2 Å². The van der Waals surface area contributed by atoms with Gasteiger partial charge in [0.15, 0.2) is 0 Å². The van der Waals surface area contributed by atoms with Crippen molar-refractivity contribution in [3.8, 4) is 11.5 Å². The fraction of sp³-hybridized carbons (Fsp3) is 0.188. The highest BCUT2D eigenvalue weighted by atomic mass is 19.4. The SMILES string of the molecule is N[C@H]([C@@H](Oc1ccccc1)C(=O)Oc1ccccc1)C(F)(F)F. The average molecular weight is 325 g/mol. The van der Waals surface area contributed by atoms with Crippen molar-refractivity contribution < 1.29 is 27.4 Å². The van der Waals surface area contributed by atoms with Gasteiger partial charge in [0.2, 0.25) is 6.10 Å². The second-order valence-electron chi connectivity index (χ2n) is 4.65. The van der Waals surface area contributed by atoms with Gasteiger partial charge in [-0.05, 0) is 24.3 Å². The Hall–Kier alpha value is -2.54. The van der Waals surface area contributed by atoms with Crippen molar-refractivity contribution in [1.82, 2.24) is 0 Å². The predicted octanol–water partition coefficient (Wildman–Crippen LogP) is 2.93. The van der Waals surface area contributed by atoms with E-state index in [9.17, 15) is 18.0 Å². The minimum absolute atomic E-state index is 0.0854. The summed E-state index contributed by atoms with van der Waals surface area (Å²) in [5.41, 5.74) is 5.15. The Bertz CT molecular complexity index is 632. The summed E-state index contributed by atoms with van der Waals surface area (Å²) in [4.78, 5) is 12.1. The lowest BCUT2D eigenvalue weighted by atomic mass is 10.1. The second-order valence-corrected chi connectivity index (χ2v) is 4.65. The first-order valence-electron chi connectivity index (χ1n) is 6.68. The number of carbonyl (C=O) groups is 1. The van der Waals surface area contributed by atoms with Gasteiger partial charge in [-0.2, -0.15) is 13.2 Å². The molecule has 2 aromatic rings. The van der Waals surface area contributed by atoms with E-state index in [2.05, 4.69) is 0 Å². The van der Waals surface area contributed by atoms with E-state index in [1.807, 2.05) is 0 Å². The zero-order chi connectivity index (χ0) is 16.9. The topological polar surface area (TPSA) is 61.5 Å². The highest BCUT2D eigenvalue weighted by Gasteiger charge is 2.47. The van der Waals surface area contributed by atoms with Crippen molar-refractivity contribution >= 4 is 5.97 Å². The number of carbonyl (C=O) groups excluding carboxylic acids is 1. The molecule has 2 aromatic carbocycles. The maximum Gasteiger partial charge on any atom is 0.407 e. The number of benzene rings is 2. The average Bonchev–Trinajstić information content (AvgIpc) is 2.53. The van der Waals surface area contributed by atoms with Gasteiger partial charge in [-0.1, -0.05) is 36.4 Å². The molecule has 2 rings (SSSR count). The number of esters is 1. The Morgan fingerprint density at radius 3 is 1.87 bits per heavy atom. The van der Waals surface area contributed by atoms with Gasteiger partial charge < -0.3 is 15.2 Å². The molecule has 7 heteroatoms. The Balaban J connectivity index is 2.20. The van der Waals surface area contributed by atoms with Gasteiger partial charge in [-0.25, -0.2) is 4.79 Å². The third-order valence-corrected chi connectivity index (χ3v) is 2.90. The molecule has 0 saturated heterocycles. The Labute approximate surface area is 130 Å². The van der Waals surface area contributed by atoms with Crippen LogP contribution in [0.15, 0.2) is 60.7 Å². The second kappa shape index (κ2) is 7.15. The van der Waals surface area contributed by atoms with Gasteiger partial charge in [-0.15, -0.1) is 0 Å². The summed E-state index contributed by atoms with van der Waals surface area (Å²) in [5, 5.41) is 0. The Morgan fingerprint density at radius 2 is 1.39 bits per heavy atom. The summed E-state index contributed by atoms with van der Waals surface area (Å²) in [6.45, 7) is 0. The molecule has 2 N–H and O–H groups in total. The lowest BCUT2D eigenvalue weighted by Crippen LogP contribution is -2.54. The lowest BCUT2D eigenvalue weighted by Gasteiger charge is -2.25. The van der Waals surface area contributed by atoms with Crippen LogP contribution in [0.25, 0.3) is 0 Å². The standard InChI is InChI=1S/C16H14F3NO3/c17-16(18,19)14(20)13(22-11-7-3-1-4-8-11)15(21)23-12-9-5-2-6-10-12/h1-10,13-14H,20H2/t13-,14-/m1/s1. The third kappa shape index (κ3) is 4.72. The summed E-state index contributed by atoms with van der Waals surface area (Å²) in [5.74, 6) is -1.03. The Kier molecular flexibility index (Phi) is 5.23. The maximum atomic E-state index is 12.9. The van der Waals surface area contributed by atoms with Gasteiger partial charge in [-0.3, -0.25) is 0 Å². The van der Waals surface area contributed by atoms with E-state index in [-0.39, 0.29) is 11.5 Å². The number of rotatable bonds is 5. The molecule has 0 aliphatic rings. The van der Waals surface area contributed by atoms with Crippen molar-refractivity contribution in [2.45, 2.75) is 18.3 Å². The maximum absolute atomic E-state index is 12.9. The van der Waals surface area contributed by atoms with Crippen LogP contribution in [0.1, 0.15) is 0 Å². The van der Waals surface area contributed by atoms with Crippen LogP contribution in [0, 0.1) is 0 Å². The first-order valence-corrected chi connectivity index (χ1v) is 6.68. The number of nitrogens with two attached hydrogens (primary N) is 1. The number of hydrogen-bond acceptors (Lipinski definition) is 4. The zero-order valence-corrected chi connectivity index (χ0v) is 11.9. The fourth-order valence-corrected chi connectivity index (χ4v) is 1.75. The summed E-state index contributed by atoms with van der Waals surface area (Å²) < 4.78 is 48.7. The number of halogens is 3. The van der Waals surface area contributed by atoms with Crippen molar-refractivity contribution in [2.75, 3.05) is 0 Å². The molecular weight excluding hydrogens is 311 g/mol. The van der Waals surface area contributed by atoms with E-state index in [0.29, 0.717) is 0 Å². The molecular formula is C16H14F3NO3. The van der Waals surface area contributed by atoms with Crippen LogP contribution in [-0.2, 0) is 4.79 Å². The molecule has 0 radical (unpaired) electrons. The summed E-state index contributed by atoms with van der Waals surface area (Å²) in [6, 6.07) is 12.8. The first kappa shape index (κ1) is 16.8. The monoisotopic (exact) mass is 325 g/mol. The van der Waals surface area contributed by atoms with Crippen molar-refractivity contribution in [2.24, 2.45) is 5.73 Å². The molecule has 0 aromatic heterocycles. The minimum Gasteiger partial charge on any atom is -0.477 e. The van der Waals surface area contributed by atoms with Gasteiger partial charge in [0.05, 0.1) is 0 Å². The van der Waals surface area contributed by atoms with E-state index in [4.69, 9.17) is 15.2 Å². The fourth-order valence-electron chi connectivity index (χ4n) is 1.75. The lowest BCUT2D eigenvalue weighted by molar-refractivity contribution is -0.178. The van der Waals surface area contributed by atoms with E-state index in [1.54, 1.807) is 36.4 Å². The van der Waals surface area contributed by atoms with Gasteiger partial charge >= 0.3 is 12.1 Å². The van der Waals surface area contributed by atoms with Crippen molar-refractivity contribution in [3.63, 3.8) is 0 Å². The van der Waals surface area contributed by atoms with Gasteiger partial charge in [0.25, 0.3) is 0 Å². The van der Waals surface area contributed by atoms with Gasteiger partial charge in [0.1, 0.15) is 17.5 Å². The summed E-state index contributed by atoms with van der Waals surface area (Å²) >= 11 is 0. The van der Waals surface area contributed by atoms with Crippen LogP contribution in [-0.4, -0.2) is 24.3 Å². The molecule has 0 aliphatic heterocycles. The summed E-state index contributed by atoms with van der Waals surface area (Å²) in [7, 11) is 0. The van der Waals surface area contributed by atoms with Gasteiger partial charge in [0, 0.05) is 0 Å². The number of alkyl halides is 3. The number of hydrogen-bond donors (Lipinski definition) is 1. The molecule has 4 nitrogen and oxygen atoms in total. The van der Waals surface area contributed by atoms with Crippen LogP contribution >= 0.6 is 0 Å². The van der Waals surface area contributed by atoms with E-state index in [0.717, 1.165) is 0 Å². The zero-order valence-electron chi connectivity index (χ0n) is 11.9. The third-order valence-electron chi connectivity index (χ3n) is 2.90. The molecule has 0 amide bonds. The van der Waals surface area contributed by atoms with Crippen molar-refractivity contribution in [1.29, 1.82) is 0 Å². The molecule has 0 saturated carbocycles. The van der Waals surface area contributed by atoms with E-state index in [1.165, 1.54) is 24.3 Å². The molecule has 2 atom stereocenters. The molecule has 0 aliphatic carbocycles. The minimum atomic E-state index is -4.81. The molecule has 0 spiro atoms. The molecule has 0 unspecified atom stereocenters. The van der Waals surface area contributed by atoms with Crippen LogP contribution in [0.3, 0.4) is 0 Å². The van der Waals surface area contributed by atoms with E-state index >= 15 is 0 Å². The first-order chi connectivity index (χ1) is 10.9. The van der Waals surface area contributed by atoms with Crippen molar-refractivity contribution in [3.05, 3.63) is 60.7 Å². The quantitative estimate of drug-likeness (QED) is 0.678. The highest BCUT2D eigenvalue weighted by Crippen LogP contribution is 2.25. The molecule has 0 heterocycles. The highest BCUT2D eigenvalue weighted by molar-refractivity contribution is 5.78. The molecule has 0 bridgehead atoms. The van der Waals surface area contributed by atoms with Crippen LogP contribution in [0.4, 0.5) is 13.2 Å². The van der Waals surface area contributed by atoms with E-state index < -0.39 is 24.3 Å². The molecule has 122 valence electrons. The summed E-state index contributed by atoms with van der Waals surface area (Å²) in [6.07, 6.45) is -6.83. The largest absolute Gasteiger partial charge is 0.477 e. The predicted molar refractivity (Wildman–Crippen MR) is 77.0 cm³/mol. The normalized spacial score (nSPS) is 13.9. The van der Waals surface area contributed by atoms with Crippen LogP contribution in [0.5, 0.6) is 11.5 Å². The number of ether oxygens (including phenoxy) is 2. The molecule has 0 fully saturated rings. The number of para-hydroxylation sites is 2. The smallest absolute Gasteiger partial charge is 0.407 e.